The molecule has 19 heavy (non-hydrogen) atoms. The maximum atomic E-state index is 13.4. The van der Waals surface area contributed by atoms with E-state index in [0.717, 1.165) is 22.4 Å². The zero-order valence-electron chi connectivity index (χ0n) is 11.0. The molecule has 0 heterocycles. The molecule has 100 valence electrons. The Bertz CT molecular complexity index is 572. The normalized spacial score (nSPS) is 12.2. The summed E-state index contributed by atoms with van der Waals surface area (Å²) in [5, 5.41) is 0. The number of rotatable bonds is 4. The fourth-order valence-corrected chi connectivity index (χ4v) is 2.11. The van der Waals surface area contributed by atoms with Crippen LogP contribution in [-0.4, -0.2) is 7.11 Å². The zero-order valence-corrected chi connectivity index (χ0v) is 11.0. The van der Waals surface area contributed by atoms with Crippen LogP contribution in [0.25, 0.3) is 0 Å². The first kappa shape index (κ1) is 13.5. The second-order valence-electron chi connectivity index (χ2n) is 4.38. The number of ether oxygens (including phenoxy) is 1. The van der Waals surface area contributed by atoms with Crippen LogP contribution < -0.4 is 16.0 Å². The quantitative estimate of drug-likeness (QED) is 0.656. The highest BCUT2D eigenvalue weighted by molar-refractivity contribution is 5.39. The predicted molar refractivity (Wildman–Crippen MR) is 73.3 cm³/mol. The fraction of sp³-hybridized carbons (Fsp3) is 0.200. The van der Waals surface area contributed by atoms with Crippen molar-refractivity contribution >= 4 is 0 Å². The second kappa shape index (κ2) is 5.82. The van der Waals surface area contributed by atoms with Gasteiger partial charge in [0.15, 0.2) is 0 Å². The lowest BCUT2D eigenvalue weighted by Gasteiger charge is -2.19. The Kier molecular flexibility index (Phi) is 4.14. The van der Waals surface area contributed by atoms with Gasteiger partial charge >= 0.3 is 0 Å². The highest BCUT2D eigenvalue weighted by Crippen LogP contribution is 2.27. The Balaban J connectivity index is 2.46. The van der Waals surface area contributed by atoms with Crippen molar-refractivity contribution < 1.29 is 9.13 Å². The van der Waals surface area contributed by atoms with E-state index in [1.165, 1.54) is 12.1 Å². The summed E-state index contributed by atoms with van der Waals surface area (Å²) < 4.78 is 18.6. The van der Waals surface area contributed by atoms with Gasteiger partial charge in [-0.25, -0.2) is 9.82 Å². The smallest absolute Gasteiger partial charge is 0.123 e. The van der Waals surface area contributed by atoms with Crippen LogP contribution in [0, 0.1) is 12.7 Å². The van der Waals surface area contributed by atoms with Gasteiger partial charge in [-0.2, -0.15) is 0 Å². The third kappa shape index (κ3) is 2.92. The molecular weight excluding hydrogens is 243 g/mol. The molecule has 2 aromatic rings. The summed E-state index contributed by atoms with van der Waals surface area (Å²) in [6.45, 7) is 1.93. The van der Waals surface area contributed by atoms with Crippen molar-refractivity contribution in [3.8, 4) is 5.75 Å². The summed E-state index contributed by atoms with van der Waals surface area (Å²) in [5.41, 5.74) is 5.45. The molecule has 1 atom stereocenters. The Morgan fingerprint density at radius 1 is 1.21 bits per heavy atom. The van der Waals surface area contributed by atoms with Gasteiger partial charge in [0.05, 0.1) is 13.2 Å². The number of hydrazine groups is 1. The van der Waals surface area contributed by atoms with Crippen LogP contribution in [0.4, 0.5) is 4.39 Å². The number of halogens is 1. The van der Waals surface area contributed by atoms with Crippen LogP contribution in [0.3, 0.4) is 0 Å². The van der Waals surface area contributed by atoms with E-state index in [9.17, 15) is 4.39 Å². The van der Waals surface area contributed by atoms with Crippen molar-refractivity contribution in [2.45, 2.75) is 13.0 Å². The number of nitrogens with two attached hydrogens (primary N) is 1. The molecule has 0 radical (unpaired) electrons. The van der Waals surface area contributed by atoms with E-state index >= 15 is 0 Å². The first-order valence-electron chi connectivity index (χ1n) is 6.02. The molecule has 0 aliphatic heterocycles. The minimum absolute atomic E-state index is 0.272. The zero-order chi connectivity index (χ0) is 13.8. The molecular formula is C15H17FN2O. The van der Waals surface area contributed by atoms with Crippen LogP contribution in [0.1, 0.15) is 22.7 Å². The van der Waals surface area contributed by atoms with Gasteiger partial charge in [0.2, 0.25) is 0 Å². The van der Waals surface area contributed by atoms with E-state index < -0.39 is 0 Å². The van der Waals surface area contributed by atoms with Crippen molar-refractivity contribution in [1.29, 1.82) is 0 Å². The molecule has 1 unspecified atom stereocenters. The molecule has 2 aromatic carbocycles. The topological polar surface area (TPSA) is 47.3 Å². The Morgan fingerprint density at radius 3 is 2.68 bits per heavy atom. The maximum Gasteiger partial charge on any atom is 0.123 e. The molecule has 4 heteroatoms. The molecule has 0 spiro atoms. The number of nitrogens with one attached hydrogen (secondary N) is 1. The van der Waals surface area contributed by atoms with Crippen LogP contribution >= 0.6 is 0 Å². The molecule has 0 bridgehead atoms. The van der Waals surface area contributed by atoms with Gasteiger partial charge in [-0.1, -0.05) is 18.2 Å². The van der Waals surface area contributed by atoms with Crippen molar-refractivity contribution in [1.82, 2.24) is 5.43 Å². The van der Waals surface area contributed by atoms with Crippen LogP contribution in [0.15, 0.2) is 42.5 Å². The monoisotopic (exact) mass is 260 g/mol. The van der Waals surface area contributed by atoms with Gasteiger partial charge in [0.25, 0.3) is 0 Å². The minimum atomic E-state index is -0.274. The van der Waals surface area contributed by atoms with Gasteiger partial charge in [0, 0.05) is 0 Å². The number of hydrogen-bond acceptors (Lipinski definition) is 3. The van der Waals surface area contributed by atoms with Crippen molar-refractivity contribution in [3.63, 3.8) is 0 Å². The standard InChI is InChI=1S/C15H17FN2O/c1-10-6-7-12(16)9-14(10)15(18-17)11-4-3-5-13(8-11)19-2/h3-9,15,18H,17H2,1-2H3. The second-order valence-corrected chi connectivity index (χ2v) is 4.38. The van der Waals surface area contributed by atoms with Crippen LogP contribution in [-0.2, 0) is 0 Å². The lowest BCUT2D eigenvalue weighted by molar-refractivity contribution is 0.413. The third-order valence-corrected chi connectivity index (χ3v) is 3.15. The van der Waals surface area contributed by atoms with Crippen LogP contribution in [0.2, 0.25) is 0 Å². The number of benzene rings is 2. The summed E-state index contributed by atoms with van der Waals surface area (Å²) >= 11 is 0. The third-order valence-electron chi connectivity index (χ3n) is 3.15. The molecule has 0 aliphatic carbocycles. The predicted octanol–water partition coefficient (Wildman–Crippen LogP) is 2.70. The molecule has 0 aromatic heterocycles. The molecule has 0 aliphatic rings. The number of hydrogen-bond donors (Lipinski definition) is 2. The molecule has 3 N–H and O–H groups in total. The van der Waals surface area contributed by atoms with Gasteiger partial charge in [-0.15, -0.1) is 0 Å². The lowest BCUT2D eigenvalue weighted by atomic mass is 9.95. The van der Waals surface area contributed by atoms with Gasteiger partial charge < -0.3 is 4.74 Å². The minimum Gasteiger partial charge on any atom is -0.497 e. The first-order valence-corrected chi connectivity index (χ1v) is 6.02. The largest absolute Gasteiger partial charge is 0.497 e. The molecule has 0 saturated carbocycles. The van der Waals surface area contributed by atoms with Gasteiger partial charge in [0.1, 0.15) is 11.6 Å². The van der Waals surface area contributed by atoms with Crippen molar-refractivity contribution in [3.05, 3.63) is 65.0 Å². The fourth-order valence-electron chi connectivity index (χ4n) is 2.11. The average Bonchev–Trinajstić information content (AvgIpc) is 2.44. The SMILES string of the molecule is COc1cccc(C(NN)c2cc(F)ccc2C)c1. The Hall–Kier alpha value is -1.91. The molecule has 0 saturated heterocycles. The highest BCUT2D eigenvalue weighted by Gasteiger charge is 2.16. The van der Waals surface area contributed by atoms with Crippen LogP contribution in [0.5, 0.6) is 5.75 Å². The molecule has 2 rings (SSSR count). The Morgan fingerprint density at radius 2 is 2.00 bits per heavy atom. The maximum absolute atomic E-state index is 13.4. The van der Waals surface area contributed by atoms with E-state index in [1.54, 1.807) is 13.2 Å². The van der Waals surface area contributed by atoms with Crippen molar-refractivity contribution in [2.24, 2.45) is 5.84 Å². The summed E-state index contributed by atoms with van der Waals surface area (Å²) in [6, 6.07) is 12.0. The van der Waals surface area contributed by atoms with E-state index in [1.807, 2.05) is 31.2 Å². The number of methoxy groups -OCH3 is 1. The van der Waals surface area contributed by atoms with E-state index in [0.29, 0.717) is 0 Å². The van der Waals surface area contributed by atoms with E-state index in [4.69, 9.17) is 10.6 Å². The van der Waals surface area contributed by atoms with Crippen molar-refractivity contribution in [2.75, 3.05) is 7.11 Å². The molecule has 0 amide bonds. The van der Waals surface area contributed by atoms with E-state index in [2.05, 4.69) is 5.43 Å². The summed E-state index contributed by atoms with van der Waals surface area (Å²) in [7, 11) is 1.61. The Labute approximate surface area is 112 Å². The first-order chi connectivity index (χ1) is 9.15. The summed E-state index contributed by atoms with van der Waals surface area (Å²) in [4.78, 5) is 0. The van der Waals surface area contributed by atoms with Gasteiger partial charge in [-0.05, 0) is 47.9 Å². The number of aryl methyl sites for hydroxylation is 1. The van der Waals surface area contributed by atoms with E-state index in [-0.39, 0.29) is 11.9 Å². The highest BCUT2D eigenvalue weighted by atomic mass is 19.1. The summed E-state index contributed by atoms with van der Waals surface area (Å²) in [6.07, 6.45) is 0. The molecule has 0 fully saturated rings. The lowest BCUT2D eigenvalue weighted by Crippen LogP contribution is -2.29. The molecule has 3 nitrogen and oxygen atoms in total. The van der Waals surface area contributed by atoms with Gasteiger partial charge in [-0.3, -0.25) is 5.84 Å². The summed E-state index contributed by atoms with van der Waals surface area (Å²) in [5.74, 6) is 6.10. The average molecular weight is 260 g/mol.